The van der Waals surface area contributed by atoms with Crippen molar-refractivity contribution in [2.75, 3.05) is 7.05 Å². The maximum atomic E-state index is 3.54. The third-order valence-electron chi connectivity index (χ3n) is 3.98. The molecule has 1 heterocycles. The molecule has 1 aliphatic rings. The Morgan fingerprint density at radius 3 is 2.10 bits per heavy atom. The fourth-order valence-corrected chi connectivity index (χ4v) is 2.67. The van der Waals surface area contributed by atoms with Gasteiger partial charge in [0, 0.05) is 5.56 Å². The molecule has 0 radical (unpaired) electrons. The van der Waals surface area contributed by atoms with Gasteiger partial charge in [0.05, 0.1) is 12.7 Å². The van der Waals surface area contributed by atoms with Crippen molar-refractivity contribution in [2.24, 2.45) is 0 Å². The zero-order valence-corrected chi connectivity index (χ0v) is 14.0. The average molecular weight is 283 g/mol. The van der Waals surface area contributed by atoms with Gasteiger partial charge in [-0.2, -0.15) is 0 Å². The van der Waals surface area contributed by atoms with Crippen LogP contribution in [0.5, 0.6) is 0 Å². The predicted molar refractivity (Wildman–Crippen MR) is 90.7 cm³/mol. The van der Waals surface area contributed by atoms with Gasteiger partial charge in [0.15, 0.2) is 5.70 Å². The lowest BCUT2D eigenvalue weighted by atomic mass is 9.86. The largest absolute Gasteiger partial charge is 0.346 e. The molecule has 0 amide bonds. The summed E-state index contributed by atoms with van der Waals surface area (Å²) in [4.78, 5) is 1.30. The molecule has 1 aromatic rings. The van der Waals surface area contributed by atoms with Gasteiger partial charge in [0.2, 0.25) is 0 Å². The lowest BCUT2D eigenvalue weighted by Crippen LogP contribution is -3.03. The third-order valence-corrected chi connectivity index (χ3v) is 3.98. The molecule has 0 bridgehead atoms. The highest BCUT2D eigenvalue weighted by atomic mass is 15.2. The Hall–Kier alpha value is -1.80. The molecule has 1 unspecified atom stereocenters. The number of hydrogen-bond donors (Lipinski definition) is 2. The standard InChI is InChI=1S/C19H26N2/c1-7-16-18(8-2)21(6)13-17(20-16)14-9-11-15(12-10-14)19(3,4)5/h7-13,20H,1-6H3/p+1. The summed E-state index contributed by atoms with van der Waals surface area (Å²) in [6, 6.07) is 8.88. The van der Waals surface area contributed by atoms with Crippen LogP contribution in [0.25, 0.3) is 5.70 Å². The molecule has 2 N–H and O–H groups in total. The molecule has 0 fully saturated rings. The zero-order valence-electron chi connectivity index (χ0n) is 14.0. The predicted octanol–water partition coefficient (Wildman–Crippen LogP) is 3.21. The highest BCUT2D eigenvalue weighted by molar-refractivity contribution is 5.66. The molecule has 1 aromatic carbocycles. The SMILES string of the molecule is CC=C1NC(c2ccc(C(C)(C)C)cc2)=C[NH+](C)C1=CC. The van der Waals surface area contributed by atoms with E-state index in [2.05, 4.69) is 89.6 Å². The Balaban J connectivity index is 2.35. The lowest BCUT2D eigenvalue weighted by molar-refractivity contribution is -0.780. The highest BCUT2D eigenvalue weighted by Crippen LogP contribution is 2.24. The van der Waals surface area contributed by atoms with E-state index in [0.717, 1.165) is 0 Å². The minimum Gasteiger partial charge on any atom is -0.346 e. The third kappa shape index (κ3) is 3.27. The molecule has 1 atom stereocenters. The van der Waals surface area contributed by atoms with E-state index in [4.69, 9.17) is 0 Å². The number of likely N-dealkylation sites (N-methyl/N-ethyl adjacent to an activating group) is 1. The van der Waals surface area contributed by atoms with Gasteiger partial charge >= 0.3 is 0 Å². The summed E-state index contributed by atoms with van der Waals surface area (Å²) in [5, 5.41) is 3.54. The Bertz CT molecular complexity index is 595. The van der Waals surface area contributed by atoms with Crippen LogP contribution in [0.1, 0.15) is 45.7 Å². The lowest BCUT2D eigenvalue weighted by Gasteiger charge is -2.25. The Kier molecular flexibility index (Phi) is 4.38. The van der Waals surface area contributed by atoms with Crippen LogP contribution in [0.2, 0.25) is 0 Å². The van der Waals surface area contributed by atoms with Gasteiger partial charge in [-0.1, -0.05) is 51.1 Å². The summed E-state index contributed by atoms with van der Waals surface area (Å²) < 4.78 is 0. The first-order chi connectivity index (χ1) is 9.86. The maximum Gasteiger partial charge on any atom is 0.154 e. The van der Waals surface area contributed by atoms with Crippen molar-refractivity contribution in [3.63, 3.8) is 0 Å². The minimum atomic E-state index is 0.196. The van der Waals surface area contributed by atoms with Gasteiger partial charge in [0.25, 0.3) is 0 Å². The number of allylic oxidation sites excluding steroid dienone is 2. The van der Waals surface area contributed by atoms with Crippen LogP contribution in [-0.4, -0.2) is 7.05 Å². The molecule has 2 rings (SSSR count). The number of rotatable bonds is 1. The average Bonchev–Trinajstić information content (AvgIpc) is 2.45. The van der Waals surface area contributed by atoms with E-state index in [1.807, 2.05) is 0 Å². The molecule has 2 nitrogen and oxygen atoms in total. The van der Waals surface area contributed by atoms with Crippen LogP contribution in [0.3, 0.4) is 0 Å². The van der Waals surface area contributed by atoms with Crippen LogP contribution < -0.4 is 10.2 Å². The molecule has 0 saturated carbocycles. The second-order valence-electron chi connectivity index (χ2n) is 6.60. The molecular formula is C19H27N2+. The smallest absolute Gasteiger partial charge is 0.154 e. The molecule has 21 heavy (non-hydrogen) atoms. The fraction of sp³-hybridized carbons (Fsp3) is 0.368. The fourth-order valence-electron chi connectivity index (χ4n) is 2.67. The summed E-state index contributed by atoms with van der Waals surface area (Å²) in [6.45, 7) is 10.9. The molecular weight excluding hydrogens is 256 g/mol. The van der Waals surface area contributed by atoms with Gasteiger partial charge in [-0.05, 0) is 30.9 Å². The van der Waals surface area contributed by atoms with Crippen LogP contribution in [0, 0.1) is 0 Å². The van der Waals surface area contributed by atoms with E-state index < -0.39 is 0 Å². The van der Waals surface area contributed by atoms with E-state index in [1.54, 1.807) is 0 Å². The summed E-state index contributed by atoms with van der Waals surface area (Å²) in [5.74, 6) is 0. The van der Waals surface area contributed by atoms with E-state index in [0.29, 0.717) is 0 Å². The minimum absolute atomic E-state index is 0.196. The number of nitrogens with one attached hydrogen (secondary N) is 2. The van der Waals surface area contributed by atoms with Crippen molar-refractivity contribution in [3.05, 3.63) is 65.1 Å². The topological polar surface area (TPSA) is 16.5 Å². The summed E-state index contributed by atoms with van der Waals surface area (Å²) in [7, 11) is 2.17. The Labute approximate surface area is 128 Å². The van der Waals surface area contributed by atoms with Gasteiger partial charge in [-0.25, -0.2) is 0 Å². The molecule has 112 valence electrons. The van der Waals surface area contributed by atoms with Crippen LogP contribution in [-0.2, 0) is 5.41 Å². The monoisotopic (exact) mass is 283 g/mol. The Morgan fingerprint density at radius 1 is 1.00 bits per heavy atom. The van der Waals surface area contributed by atoms with Crippen molar-refractivity contribution in [2.45, 2.75) is 40.0 Å². The van der Waals surface area contributed by atoms with Crippen molar-refractivity contribution >= 4 is 5.70 Å². The van der Waals surface area contributed by atoms with Gasteiger partial charge in [-0.15, -0.1) is 0 Å². The molecule has 1 aliphatic heterocycles. The van der Waals surface area contributed by atoms with Gasteiger partial charge in [0.1, 0.15) is 11.9 Å². The number of hydrogen-bond acceptors (Lipinski definition) is 1. The van der Waals surface area contributed by atoms with E-state index in [-0.39, 0.29) is 5.41 Å². The van der Waals surface area contributed by atoms with E-state index >= 15 is 0 Å². The Morgan fingerprint density at radius 2 is 1.62 bits per heavy atom. The van der Waals surface area contributed by atoms with Gasteiger partial charge < -0.3 is 5.32 Å². The van der Waals surface area contributed by atoms with Crippen molar-refractivity contribution in [3.8, 4) is 0 Å². The summed E-state index contributed by atoms with van der Waals surface area (Å²) >= 11 is 0. The van der Waals surface area contributed by atoms with Crippen molar-refractivity contribution < 1.29 is 4.90 Å². The quantitative estimate of drug-likeness (QED) is 0.809. The first-order valence-electron chi connectivity index (χ1n) is 7.63. The normalized spacial score (nSPS) is 23.1. The molecule has 0 saturated heterocycles. The van der Waals surface area contributed by atoms with Crippen LogP contribution >= 0.6 is 0 Å². The first kappa shape index (κ1) is 15.6. The molecule has 0 aromatic heterocycles. The van der Waals surface area contributed by atoms with E-state index in [1.165, 1.54) is 33.1 Å². The summed E-state index contributed by atoms with van der Waals surface area (Å²) in [6.07, 6.45) is 6.53. The highest BCUT2D eigenvalue weighted by Gasteiger charge is 2.22. The van der Waals surface area contributed by atoms with Crippen molar-refractivity contribution in [1.82, 2.24) is 5.32 Å². The van der Waals surface area contributed by atoms with Crippen LogP contribution in [0.4, 0.5) is 0 Å². The summed E-state index contributed by atoms with van der Waals surface area (Å²) in [5.41, 5.74) is 6.44. The second kappa shape index (κ2) is 5.90. The van der Waals surface area contributed by atoms with Crippen LogP contribution in [0.15, 0.2) is 54.0 Å². The second-order valence-corrected chi connectivity index (χ2v) is 6.60. The zero-order chi connectivity index (χ0) is 15.6. The number of benzene rings is 1. The van der Waals surface area contributed by atoms with E-state index in [9.17, 15) is 0 Å². The maximum absolute atomic E-state index is 3.54. The number of quaternary nitrogens is 1. The molecule has 0 spiro atoms. The van der Waals surface area contributed by atoms with Gasteiger partial charge in [-0.3, -0.25) is 4.90 Å². The first-order valence-corrected chi connectivity index (χ1v) is 7.63. The molecule has 2 heteroatoms. The van der Waals surface area contributed by atoms with Crippen molar-refractivity contribution in [1.29, 1.82) is 0 Å². The molecule has 0 aliphatic carbocycles.